The van der Waals surface area contributed by atoms with Crippen molar-refractivity contribution in [2.24, 2.45) is 50.2 Å². The zero-order valence-corrected chi connectivity index (χ0v) is 45.5. The Balaban J connectivity index is 0.934. The number of hydrogen-bond donors (Lipinski definition) is 14. The normalized spacial score (nSPS) is 53.5. The molecule has 0 bridgehead atoms. The number of carbonyl (C=O) groups is 3. The minimum Gasteiger partial charge on any atom is -0.479 e. The molecule has 8 fully saturated rings. The molecule has 0 aromatic heterocycles. The zero-order valence-electron chi connectivity index (χ0n) is 45.5. The third kappa shape index (κ3) is 9.86. The summed E-state index contributed by atoms with van der Waals surface area (Å²) < 4.78 is 46.6. The van der Waals surface area contributed by atoms with Crippen LogP contribution in [0.5, 0.6) is 0 Å². The molecule has 25 heteroatoms. The predicted molar refractivity (Wildman–Crippen MR) is 264 cm³/mol. The van der Waals surface area contributed by atoms with E-state index >= 15 is 4.79 Å². The number of aliphatic hydroxyl groups is 13. The van der Waals surface area contributed by atoms with Crippen molar-refractivity contribution in [3.63, 3.8) is 0 Å². The Labute approximate surface area is 457 Å². The molecule has 0 spiro atoms. The number of carboxylic acid groups (broad SMARTS) is 1. The lowest BCUT2D eigenvalue weighted by molar-refractivity contribution is -0.364. The van der Waals surface area contributed by atoms with Gasteiger partial charge in [0, 0.05) is 0 Å². The molecular formula is C54H84O25. The van der Waals surface area contributed by atoms with Crippen molar-refractivity contribution < 1.29 is 124 Å². The molecule has 9 aliphatic rings. The molecule has 4 saturated heterocycles. The lowest BCUT2D eigenvalue weighted by Gasteiger charge is -2.71. The monoisotopic (exact) mass is 1130 g/mol. The highest BCUT2D eigenvalue weighted by molar-refractivity contribution is 5.79. The lowest BCUT2D eigenvalue weighted by Crippen LogP contribution is -2.68. The molecule has 29 atom stereocenters. The Morgan fingerprint density at radius 3 is 1.70 bits per heavy atom. The van der Waals surface area contributed by atoms with Crippen molar-refractivity contribution in [1.29, 1.82) is 0 Å². The van der Waals surface area contributed by atoms with E-state index in [1.54, 1.807) is 6.92 Å². The van der Waals surface area contributed by atoms with Crippen molar-refractivity contribution in [1.82, 2.24) is 0 Å². The van der Waals surface area contributed by atoms with E-state index in [2.05, 4.69) is 40.7 Å². The van der Waals surface area contributed by atoms with Crippen LogP contribution < -0.4 is 0 Å². The van der Waals surface area contributed by atoms with E-state index < -0.39 is 182 Å². The second-order valence-corrected chi connectivity index (χ2v) is 26.0. The average Bonchev–Trinajstić information content (AvgIpc) is 3.53. The molecule has 25 nitrogen and oxygen atoms in total. The first-order chi connectivity index (χ1) is 37.0. The Morgan fingerprint density at radius 1 is 0.582 bits per heavy atom. The van der Waals surface area contributed by atoms with Crippen LogP contribution in [0.15, 0.2) is 11.6 Å². The number of aldehydes is 1. The van der Waals surface area contributed by atoms with Gasteiger partial charge in [0.05, 0.1) is 36.8 Å². The van der Waals surface area contributed by atoms with E-state index in [4.69, 9.17) is 37.9 Å². The Kier molecular flexibility index (Phi) is 17.2. The van der Waals surface area contributed by atoms with Crippen molar-refractivity contribution >= 4 is 18.2 Å². The lowest BCUT2D eigenvalue weighted by atomic mass is 9.33. The second kappa shape index (κ2) is 22.2. The summed E-state index contributed by atoms with van der Waals surface area (Å²) in [6.07, 6.45) is -28.1. The fourth-order valence-corrected chi connectivity index (χ4v) is 16.4. The maximum atomic E-state index is 15.1. The highest BCUT2D eigenvalue weighted by Crippen LogP contribution is 2.76. The topological polar surface area (TPSA) is 408 Å². The number of esters is 1. The average molecular weight is 1130 g/mol. The number of allylic oxidation sites excluding steroid dienone is 2. The smallest absolute Gasteiger partial charge is 0.335 e. The van der Waals surface area contributed by atoms with E-state index in [0.29, 0.717) is 57.8 Å². The van der Waals surface area contributed by atoms with Crippen LogP contribution >= 0.6 is 0 Å². The van der Waals surface area contributed by atoms with Crippen LogP contribution in [-0.2, 0) is 52.3 Å². The summed E-state index contributed by atoms with van der Waals surface area (Å²) in [6, 6.07) is 0. The Hall–Kier alpha value is -2.45. The highest BCUT2D eigenvalue weighted by Gasteiger charge is 2.71. The van der Waals surface area contributed by atoms with Crippen LogP contribution in [0.2, 0.25) is 0 Å². The SMILES string of the molecule is CC1(C)CC[C@]2(C(=O)O[C@H]3O[C@@H](CO)[C@@H](O[C@H]4O[C@@H](CO)[C@H](O)[C@@H](O)[C@@H]4O)[C@@H](O)[C@@H]3O)CC[C@@]3(C)C(=CC[C@H]4[C@@]5(C)CC[C@H](O[C@@H]6O[C@H](C(=O)O)[C@@H](O)[C@H](O[C@@H]7O[C@H](CO)[C@@H](O)[C@H](O)[C@H]7O)[C@H]6O)[C@@](C)(C=O)[C@@H]5CC[C@]43C)[C@H]2C1. The summed E-state index contributed by atoms with van der Waals surface area (Å²) in [5, 5.41) is 148. The first kappa shape index (κ1) is 61.1. The van der Waals surface area contributed by atoms with Crippen molar-refractivity contribution in [2.45, 2.75) is 235 Å². The molecule has 0 unspecified atom stereocenters. The number of ether oxygens (including phenoxy) is 8. The summed E-state index contributed by atoms with van der Waals surface area (Å²) in [4.78, 5) is 41.3. The van der Waals surface area contributed by atoms with Gasteiger partial charge in [-0.05, 0) is 104 Å². The van der Waals surface area contributed by atoms with Crippen LogP contribution in [0.3, 0.4) is 0 Å². The minimum absolute atomic E-state index is 0.00369. The van der Waals surface area contributed by atoms with E-state index in [9.17, 15) is 81.1 Å². The highest BCUT2D eigenvalue weighted by atomic mass is 16.8. The summed E-state index contributed by atoms with van der Waals surface area (Å²) in [6.45, 7) is 10.5. The molecule has 0 aromatic rings. The van der Waals surface area contributed by atoms with Crippen LogP contribution in [0.4, 0.5) is 0 Å². The zero-order chi connectivity index (χ0) is 57.9. The van der Waals surface area contributed by atoms with Gasteiger partial charge in [-0.25, -0.2) is 4.79 Å². The molecule has 14 N–H and O–H groups in total. The van der Waals surface area contributed by atoms with E-state index in [-0.39, 0.29) is 35.0 Å². The number of hydrogen-bond acceptors (Lipinski definition) is 24. The van der Waals surface area contributed by atoms with Crippen molar-refractivity contribution in [3.05, 3.63) is 11.6 Å². The molecule has 4 heterocycles. The molecule has 4 aliphatic heterocycles. The quantitative estimate of drug-likeness (QED) is 0.0384. The summed E-state index contributed by atoms with van der Waals surface area (Å²) in [5.41, 5.74) is -2.71. The third-order valence-electron chi connectivity index (χ3n) is 21.4. The van der Waals surface area contributed by atoms with E-state index in [1.807, 2.05) is 0 Å². The van der Waals surface area contributed by atoms with Crippen LogP contribution in [0.25, 0.3) is 0 Å². The van der Waals surface area contributed by atoms with Gasteiger partial charge in [0.25, 0.3) is 0 Å². The van der Waals surface area contributed by atoms with E-state index in [0.717, 1.165) is 11.9 Å². The molecule has 4 saturated carbocycles. The summed E-state index contributed by atoms with van der Waals surface area (Å²) >= 11 is 0. The van der Waals surface area contributed by atoms with Crippen LogP contribution in [-0.4, -0.2) is 238 Å². The third-order valence-corrected chi connectivity index (χ3v) is 21.4. The predicted octanol–water partition coefficient (Wildman–Crippen LogP) is -2.76. The number of aliphatic carboxylic acids is 1. The molecular weight excluding hydrogens is 1050 g/mol. The Bertz CT molecular complexity index is 2250. The molecule has 79 heavy (non-hydrogen) atoms. The van der Waals surface area contributed by atoms with Gasteiger partial charge < -0.3 is 114 Å². The first-order valence-corrected chi connectivity index (χ1v) is 27.8. The fourth-order valence-electron chi connectivity index (χ4n) is 16.4. The summed E-state index contributed by atoms with van der Waals surface area (Å²) in [5.74, 6) is -2.90. The molecule has 450 valence electrons. The van der Waals surface area contributed by atoms with Gasteiger partial charge in [0.2, 0.25) is 6.29 Å². The van der Waals surface area contributed by atoms with Gasteiger partial charge in [-0.15, -0.1) is 0 Å². The molecule has 5 aliphatic carbocycles. The minimum atomic E-state index is -2.07. The number of rotatable bonds is 13. The van der Waals surface area contributed by atoms with Gasteiger partial charge in [-0.1, -0.05) is 53.2 Å². The van der Waals surface area contributed by atoms with Gasteiger partial charge in [0.15, 0.2) is 25.0 Å². The fraction of sp³-hybridized carbons (Fsp3) is 0.907. The van der Waals surface area contributed by atoms with E-state index in [1.165, 1.54) is 0 Å². The maximum Gasteiger partial charge on any atom is 0.335 e. The summed E-state index contributed by atoms with van der Waals surface area (Å²) in [7, 11) is 0. The van der Waals surface area contributed by atoms with Crippen LogP contribution in [0.1, 0.15) is 106 Å². The van der Waals surface area contributed by atoms with Gasteiger partial charge in [0.1, 0.15) is 97.8 Å². The second-order valence-electron chi connectivity index (χ2n) is 26.0. The molecule has 0 aromatic carbocycles. The maximum absolute atomic E-state index is 15.1. The molecule has 0 amide bonds. The van der Waals surface area contributed by atoms with Gasteiger partial charge in [-0.3, -0.25) is 4.79 Å². The van der Waals surface area contributed by atoms with Crippen LogP contribution in [0, 0.1) is 50.2 Å². The first-order valence-electron chi connectivity index (χ1n) is 27.8. The number of fused-ring (bicyclic) bond motifs is 7. The van der Waals surface area contributed by atoms with Gasteiger partial charge >= 0.3 is 11.9 Å². The number of carbonyl (C=O) groups excluding carboxylic acids is 2. The number of carboxylic acids is 1. The number of aliphatic hydroxyl groups excluding tert-OH is 13. The van der Waals surface area contributed by atoms with Gasteiger partial charge in [-0.2, -0.15) is 0 Å². The molecule has 0 radical (unpaired) electrons. The Morgan fingerprint density at radius 2 is 1.13 bits per heavy atom. The largest absolute Gasteiger partial charge is 0.479 e. The standard InChI is InChI=1S/C54H84O25/c1-49(2)13-15-54(48(71)79-46-37(66)34(63)40(26(20-57)74-46)76-44-35(64)32(61)30(59)24(18-55)72-44)16-14-52(5)22(23(54)17-49)7-8-28-50(3)11-10-29(51(4,21-58)27(50)9-12-53(28,52)6)75-47-39(68)41(38(67)42(78-47)43(69)70)77-45-36(65)33(62)31(60)25(19-56)73-45/h7,21,23-42,44-47,55-57,59-68H,8-20H2,1-6H3,(H,69,70)/t23-,24+,25-,26+,27-,28+,29+,30+,31-,32-,33+,34+,35+,36-,37+,38+,39-,40-,41+,42+,44-,45+,46-,47-,50+,51+,52+,53-,54+/m1/s1. The van der Waals surface area contributed by atoms with Crippen molar-refractivity contribution in [2.75, 3.05) is 19.8 Å². The van der Waals surface area contributed by atoms with Crippen molar-refractivity contribution in [3.8, 4) is 0 Å². The molecule has 9 rings (SSSR count).